The number of nitrogens with one attached hydrogen (secondary N) is 1. The Morgan fingerprint density at radius 2 is 2.11 bits per heavy atom. The van der Waals surface area contributed by atoms with E-state index in [2.05, 4.69) is 34.0 Å². The number of nitrogens with zero attached hydrogens (tertiary/aromatic N) is 3. The molecule has 2 aromatic rings. The Morgan fingerprint density at radius 3 is 2.74 bits per heavy atom. The second-order valence-corrected chi connectivity index (χ2v) is 6.96. The second-order valence-electron chi connectivity index (χ2n) is 5.78. The molecule has 0 aliphatic rings. The largest absolute Gasteiger partial charge is 0.497 e. The highest BCUT2D eigenvalue weighted by atomic mass is 35.5. The SMILES string of the molecule is CCN(CC)[C@H](CNC(=O)c1nc(SC)ncc1Cl)c1cccc(OC)c1. The first-order valence-electron chi connectivity index (χ1n) is 8.76. The maximum Gasteiger partial charge on any atom is 0.271 e. The molecule has 1 N–H and O–H groups in total. The molecule has 0 fully saturated rings. The van der Waals surface area contributed by atoms with Crippen molar-refractivity contribution in [3.63, 3.8) is 0 Å². The molecule has 0 aliphatic heterocycles. The van der Waals surface area contributed by atoms with Gasteiger partial charge in [0.25, 0.3) is 5.91 Å². The van der Waals surface area contributed by atoms with E-state index in [0.717, 1.165) is 24.4 Å². The normalized spacial score (nSPS) is 12.1. The molecule has 0 saturated heterocycles. The average molecular weight is 409 g/mol. The van der Waals surface area contributed by atoms with Gasteiger partial charge in [0, 0.05) is 6.54 Å². The lowest BCUT2D eigenvalue weighted by atomic mass is 10.0. The maximum absolute atomic E-state index is 12.7. The smallest absolute Gasteiger partial charge is 0.271 e. The van der Waals surface area contributed by atoms with Crippen molar-refractivity contribution in [1.82, 2.24) is 20.2 Å². The van der Waals surface area contributed by atoms with E-state index in [0.29, 0.717) is 11.7 Å². The van der Waals surface area contributed by atoms with E-state index in [9.17, 15) is 4.79 Å². The fourth-order valence-corrected chi connectivity index (χ4v) is 3.37. The predicted octanol–water partition coefficient (Wildman–Crippen LogP) is 3.67. The molecular formula is C19H25ClN4O2S. The molecule has 0 aliphatic carbocycles. The van der Waals surface area contributed by atoms with E-state index in [1.807, 2.05) is 30.5 Å². The first-order chi connectivity index (χ1) is 13.0. The lowest BCUT2D eigenvalue weighted by Gasteiger charge is -2.30. The third-order valence-corrected chi connectivity index (χ3v) is 5.15. The van der Waals surface area contributed by atoms with E-state index in [-0.39, 0.29) is 22.7 Å². The topological polar surface area (TPSA) is 67.4 Å². The molecule has 0 bridgehead atoms. The van der Waals surface area contributed by atoms with E-state index in [1.165, 1.54) is 18.0 Å². The maximum atomic E-state index is 12.7. The number of methoxy groups -OCH3 is 1. The number of likely N-dealkylation sites (N-methyl/N-ethyl adjacent to an activating group) is 1. The fourth-order valence-electron chi connectivity index (χ4n) is 2.85. The van der Waals surface area contributed by atoms with Gasteiger partial charge in [0.2, 0.25) is 0 Å². The molecule has 0 saturated carbocycles. The molecule has 6 nitrogen and oxygen atoms in total. The van der Waals surface area contributed by atoms with Crippen molar-refractivity contribution < 1.29 is 9.53 Å². The molecule has 1 aromatic heterocycles. The van der Waals surface area contributed by atoms with Gasteiger partial charge in [-0.1, -0.05) is 49.3 Å². The molecule has 146 valence electrons. The summed E-state index contributed by atoms with van der Waals surface area (Å²) in [5.41, 5.74) is 1.27. The highest BCUT2D eigenvalue weighted by Crippen LogP contribution is 2.24. The van der Waals surface area contributed by atoms with Crippen LogP contribution < -0.4 is 10.1 Å². The summed E-state index contributed by atoms with van der Waals surface area (Å²) < 4.78 is 5.35. The van der Waals surface area contributed by atoms with Crippen molar-refractivity contribution in [2.24, 2.45) is 0 Å². The molecule has 2 rings (SSSR count). The monoisotopic (exact) mass is 408 g/mol. The zero-order chi connectivity index (χ0) is 19.8. The number of ether oxygens (including phenoxy) is 1. The zero-order valence-electron chi connectivity index (χ0n) is 16.0. The van der Waals surface area contributed by atoms with Gasteiger partial charge in [-0.2, -0.15) is 0 Å². The van der Waals surface area contributed by atoms with E-state index >= 15 is 0 Å². The minimum Gasteiger partial charge on any atom is -0.497 e. The summed E-state index contributed by atoms with van der Waals surface area (Å²) >= 11 is 7.48. The Kier molecular flexibility index (Phi) is 8.34. The van der Waals surface area contributed by atoms with Crippen molar-refractivity contribution in [1.29, 1.82) is 0 Å². The van der Waals surface area contributed by atoms with Crippen LogP contribution in [-0.4, -0.2) is 53.8 Å². The van der Waals surface area contributed by atoms with Crippen molar-refractivity contribution >= 4 is 29.3 Å². The van der Waals surface area contributed by atoms with Crippen LogP contribution in [0.1, 0.15) is 35.9 Å². The van der Waals surface area contributed by atoms with Gasteiger partial charge < -0.3 is 10.1 Å². The molecule has 1 atom stereocenters. The number of hydrogen-bond acceptors (Lipinski definition) is 6. The van der Waals surface area contributed by atoms with Gasteiger partial charge in [0.05, 0.1) is 24.4 Å². The molecule has 8 heteroatoms. The highest BCUT2D eigenvalue weighted by Gasteiger charge is 2.21. The lowest BCUT2D eigenvalue weighted by molar-refractivity contribution is 0.0929. The van der Waals surface area contributed by atoms with Gasteiger partial charge in [-0.25, -0.2) is 9.97 Å². The van der Waals surface area contributed by atoms with Crippen LogP contribution >= 0.6 is 23.4 Å². The Bertz CT molecular complexity index is 771. The predicted molar refractivity (Wildman–Crippen MR) is 110 cm³/mol. The first-order valence-corrected chi connectivity index (χ1v) is 10.4. The van der Waals surface area contributed by atoms with Gasteiger partial charge in [-0.05, 0) is 37.0 Å². The Hall–Kier alpha value is -1.83. The van der Waals surface area contributed by atoms with E-state index in [1.54, 1.807) is 7.11 Å². The summed E-state index contributed by atoms with van der Waals surface area (Å²) in [5, 5.41) is 3.72. The average Bonchev–Trinajstić information content (AvgIpc) is 2.71. The first kappa shape index (κ1) is 21.5. The number of thioether (sulfide) groups is 1. The zero-order valence-corrected chi connectivity index (χ0v) is 17.6. The number of hydrogen-bond donors (Lipinski definition) is 1. The number of carbonyl (C=O) groups excluding carboxylic acids is 1. The second kappa shape index (κ2) is 10.5. The molecule has 0 spiro atoms. The molecule has 0 radical (unpaired) electrons. The molecule has 1 amide bonds. The summed E-state index contributed by atoms with van der Waals surface area (Å²) in [5.74, 6) is 0.484. The highest BCUT2D eigenvalue weighted by molar-refractivity contribution is 7.98. The van der Waals surface area contributed by atoms with Crippen LogP contribution in [0.5, 0.6) is 5.75 Å². The van der Waals surface area contributed by atoms with Crippen molar-refractivity contribution in [3.05, 3.63) is 46.7 Å². The van der Waals surface area contributed by atoms with Gasteiger partial charge >= 0.3 is 0 Å². The van der Waals surface area contributed by atoms with Crippen LogP contribution in [0.25, 0.3) is 0 Å². The minimum atomic E-state index is -0.308. The molecule has 1 aromatic carbocycles. The van der Waals surface area contributed by atoms with Gasteiger partial charge in [-0.3, -0.25) is 9.69 Å². The Balaban J connectivity index is 2.21. The lowest BCUT2D eigenvalue weighted by Crippen LogP contribution is -2.38. The number of carbonyl (C=O) groups is 1. The minimum absolute atomic E-state index is 0.0136. The summed E-state index contributed by atoms with van der Waals surface area (Å²) in [7, 11) is 1.65. The van der Waals surface area contributed by atoms with Crippen LogP contribution in [0.4, 0.5) is 0 Å². The van der Waals surface area contributed by atoms with Crippen LogP contribution in [0.2, 0.25) is 5.02 Å². The van der Waals surface area contributed by atoms with Gasteiger partial charge in [0.15, 0.2) is 10.9 Å². The van der Waals surface area contributed by atoms with Crippen molar-refractivity contribution in [3.8, 4) is 5.75 Å². The number of amides is 1. The molecular weight excluding hydrogens is 384 g/mol. The Morgan fingerprint density at radius 1 is 1.37 bits per heavy atom. The van der Waals surface area contributed by atoms with E-state index < -0.39 is 0 Å². The summed E-state index contributed by atoms with van der Waals surface area (Å²) in [4.78, 5) is 23.2. The van der Waals surface area contributed by atoms with Crippen LogP contribution in [0, 0.1) is 0 Å². The van der Waals surface area contributed by atoms with Gasteiger partial charge in [0.1, 0.15) is 5.75 Å². The van der Waals surface area contributed by atoms with Crippen LogP contribution in [0.3, 0.4) is 0 Å². The van der Waals surface area contributed by atoms with Gasteiger partial charge in [-0.15, -0.1) is 0 Å². The molecule has 0 unspecified atom stereocenters. The third kappa shape index (κ3) is 5.57. The molecule has 1 heterocycles. The van der Waals surface area contributed by atoms with Crippen molar-refractivity contribution in [2.45, 2.75) is 25.0 Å². The van der Waals surface area contributed by atoms with Crippen molar-refractivity contribution in [2.75, 3.05) is 33.0 Å². The fraction of sp³-hybridized carbons (Fsp3) is 0.421. The van der Waals surface area contributed by atoms with E-state index in [4.69, 9.17) is 16.3 Å². The Labute approximate surface area is 169 Å². The van der Waals surface area contributed by atoms with Crippen LogP contribution in [0.15, 0.2) is 35.6 Å². The summed E-state index contributed by atoms with van der Waals surface area (Å²) in [6.07, 6.45) is 3.31. The summed E-state index contributed by atoms with van der Waals surface area (Å²) in [6, 6.07) is 7.92. The molecule has 27 heavy (non-hydrogen) atoms. The number of rotatable bonds is 9. The third-order valence-electron chi connectivity index (χ3n) is 4.31. The number of aromatic nitrogens is 2. The number of halogens is 1. The quantitative estimate of drug-likeness (QED) is 0.504. The number of benzene rings is 1. The standard InChI is InChI=1S/C19H25ClN4O2S/c1-5-24(6-2)16(13-8-7-9-14(10-13)26-3)12-21-18(25)17-15(20)11-22-19(23-17)27-4/h7-11,16H,5-6,12H2,1-4H3,(H,21,25)/t16-/m1/s1. The summed E-state index contributed by atoms with van der Waals surface area (Å²) in [6.45, 7) is 6.36. The van der Waals surface area contributed by atoms with Crippen LogP contribution in [-0.2, 0) is 0 Å².